The van der Waals surface area contributed by atoms with Gasteiger partial charge in [0.1, 0.15) is 5.82 Å². The second kappa shape index (κ2) is 4.54. The second-order valence-corrected chi connectivity index (χ2v) is 4.36. The molecule has 17 heavy (non-hydrogen) atoms. The molecule has 2 aromatic rings. The van der Waals surface area contributed by atoms with E-state index in [-0.39, 0.29) is 11.5 Å². The van der Waals surface area contributed by atoms with E-state index in [1.807, 2.05) is 0 Å². The first-order valence-electron chi connectivity index (χ1n) is 5.51. The van der Waals surface area contributed by atoms with Gasteiger partial charge in [0.25, 0.3) is 5.56 Å². The van der Waals surface area contributed by atoms with Crippen LogP contribution in [0.4, 0.5) is 5.95 Å². The van der Waals surface area contributed by atoms with Crippen LogP contribution in [0, 0.1) is 5.92 Å². The van der Waals surface area contributed by atoms with E-state index in [2.05, 4.69) is 39.1 Å². The number of aromatic amines is 2. The zero-order valence-corrected chi connectivity index (χ0v) is 9.87. The first kappa shape index (κ1) is 11.6. The van der Waals surface area contributed by atoms with Crippen molar-refractivity contribution in [1.29, 1.82) is 0 Å². The molecule has 2 heterocycles. The van der Waals surface area contributed by atoms with Crippen LogP contribution in [0.5, 0.6) is 0 Å². The van der Waals surface area contributed by atoms with E-state index in [1.165, 1.54) is 0 Å². The Bertz CT molecular complexity index is 570. The molecule has 92 valence electrons. The minimum atomic E-state index is -0.296. The topological polar surface area (TPSA) is 112 Å². The molecule has 0 unspecified atom stereocenters. The Labute approximate surface area is 97.9 Å². The van der Waals surface area contributed by atoms with Gasteiger partial charge in [0.2, 0.25) is 5.95 Å². The van der Waals surface area contributed by atoms with Crippen LogP contribution in [0.1, 0.15) is 19.7 Å². The number of aromatic nitrogens is 4. The van der Waals surface area contributed by atoms with Crippen molar-refractivity contribution in [2.45, 2.75) is 20.4 Å². The number of nitrogens with two attached hydrogens (primary N) is 1. The number of nitrogen functional groups attached to an aromatic ring is 1. The van der Waals surface area contributed by atoms with E-state index in [0.717, 1.165) is 6.54 Å². The van der Waals surface area contributed by atoms with Crippen molar-refractivity contribution in [1.82, 2.24) is 25.3 Å². The molecule has 0 spiro atoms. The molecule has 0 saturated carbocycles. The fraction of sp³-hybridized carbons (Fsp3) is 0.500. The van der Waals surface area contributed by atoms with Crippen LogP contribution in [0.25, 0.3) is 11.2 Å². The van der Waals surface area contributed by atoms with Gasteiger partial charge in [0, 0.05) is 0 Å². The number of fused-ring (bicyclic) bond motifs is 1. The van der Waals surface area contributed by atoms with Crippen molar-refractivity contribution >= 4 is 17.1 Å². The molecule has 0 amide bonds. The predicted molar refractivity (Wildman–Crippen MR) is 65.5 cm³/mol. The van der Waals surface area contributed by atoms with E-state index in [1.54, 1.807) is 0 Å². The fourth-order valence-corrected chi connectivity index (χ4v) is 1.53. The van der Waals surface area contributed by atoms with Gasteiger partial charge >= 0.3 is 0 Å². The number of nitrogens with one attached hydrogen (secondary N) is 3. The van der Waals surface area contributed by atoms with Gasteiger partial charge in [-0.3, -0.25) is 9.78 Å². The number of nitrogens with zero attached hydrogens (tertiary/aromatic N) is 2. The minimum absolute atomic E-state index is 0.0793. The van der Waals surface area contributed by atoms with Gasteiger partial charge in [-0.25, -0.2) is 4.98 Å². The molecule has 0 aliphatic rings. The lowest BCUT2D eigenvalue weighted by atomic mass is 10.2. The van der Waals surface area contributed by atoms with Crippen LogP contribution in [0.2, 0.25) is 0 Å². The van der Waals surface area contributed by atoms with Crippen LogP contribution in [-0.2, 0) is 6.54 Å². The standard InChI is InChI=1S/C10H16N6O/c1-5(2)3-12-4-6-13-7-8(14-6)15-10(11)16-9(7)17/h5,12H,3-4H2,1-2H3,(H4,11,13,14,15,16,17). The average molecular weight is 236 g/mol. The summed E-state index contributed by atoms with van der Waals surface area (Å²) in [6, 6.07) is 0. The summed E-state index contributed by atoms with van der Waals surface area (Å²) in [5, 5.41) is 3.23. The molecule has 7 heteroatoms. The predicted octanol–water partition coefficient (Wildman–Crippen LogP) is -0.0260. The monoisotopic (exact) mass is 236 g/mol. The van der Waals surface area contributed by atoms with Gasteiger partial charge in [-0.1, -0.05) is 13.8 Å². The molecule has 5 N–H and O–H groups in total. The fourth-order valence-electron chi connectivity index (χ4n) is 1.53. The largest absolute Gasteiger partial charge is 0.369 e. The summed E-state index contributed by atoms with van der Waals surface area (Å²) in [4.78, 5) is 25.0. The summed E-state index contributed by atoms with van der Waals surface area (Å²) in [5.74, 6) is 1.33. The van der Waals surface area contributed by atoms with Crippen molar-refractivity contribution in [3.63, 3.8) is 0 Å². The molecule has 0 fully saturated rings. The number of hydrogen-bond acceptors (Lipinski definition) is 5. The summed E-state index contributed by atoms with van der Waals surface area (Å²) in [6.07, 6.45) is 0. The Kier molecular flexibility index (Phi) is 3.10. The molecule has 0 atom stereocenters. The van der Waals surface area contributed by atoms with E-state index < -0.39 is 0 Å². The molecule has 0 saturated heterocycles. The van der Waals surface area contributed by atoms with Crippen molar-refractivity contribution in [2.75, 3.05) is 12.3 Å². The van der Waals surface area contributed by atoms with Crippen molar-refractivity contribution < 1.29 is 0 Å². The normalized spacial score (nSPS) is 11.5. The van der Waals surface area contributed by atoms with Crippen molar-refractivity contribution in [3.05, 3.63) is 16.2 Å². The number of rotatable bonds is 4. The number of anilines is 1. The molecule has 0 aliphatic carbocycles. The Morgan fingerprint density at radius 3 is 2.82 bits per heavy atom. The zero-order valence-electron chi connectivity index (χ0n) is 9.87. The lowest BCUT2D eigenvalue weighted by Crippen LogP contribution is -2.19. The highest BCUT2D eigenvalue weighted by Crippen LogP contribution is 2.04. The quantitative estimate of drug-likeness (QED) is 0.595. The maximum Gasteiger partial charge on any atom is 0.278 e. The molecule has 0 bridgehead atoms. The number of imidazole rings is 1. The van der Waals surface area contributed by atoms with E-state index in [4.69, 9.17) is 5.73 Å². The molecule has 2 rings (SSSR count). The highest BCUT2D eigenvalue weighted by atomic mass is 16.1. The summed E-state index contributed by atoms with van der Waals surface area (Å²) in [7, 11) is 0. The molecule has 7 nitrogen and oxygen atoms in total. The molecule has 2 aromatic heterocycles. The third-order valence-electron chi connectivity index (χ3n) is 2.27. The molecule has 0 aromatic carbocycles. The SMILES string of the molecule is CC(C)CNCc1nc2nc(N)[nH]c(=O)c2[nH]1. The number of H-pyrrole nitrogens is 2. The Morgan fingerprint density at radius 2 is 2.12 bits per heavy atom. The van der Waals surface area contributed by atoms with E-state index in [9.17, 15) is 4.79 Å². The van der Waals surface area contributed by atoms with Crippen molar-refractivity contribution in [2.24, 2.45) is 5.92 Å². The van der Waals surface area contributed by atoms with Crippen LogP contribution in [0.3, 0.4) is 0 Å². The van der Waals surface area contributed by atoms with E-state index >= 15 is 0 Å². The zero-order chi connectivity index (χ0) is 12.4. The smallest absolute Gasteiger partial charge is 0.278 e. The third kappa shape index (κ3) is 2.62. The minimum Gasteiger partial charge on any atom is -0.369 e. The Hall–Kier alpha value is -1.89. The van der Waals surface area contributed by atoms with Crippen LogP contribution in [-0.4, -0.2) is 26.5 Å². The van der Waals surface area contributed by atoms with Gasteiger partial charge in [0.15, 0.2) is 11.2 Å². The maximum absolute atomic E-state index is 11.5. The molecular weight excluding hydrogens is 220 g/mol. The molecular formula is C10H16N6O. The lowest BCUT2D eigenvalue weighted by molar-refractivity contribution is 0.545. The van der Waals surface area contributed by atoms with Crippen LogP contribution < -0.4 is 16.6 Å². The average Bonchev–Trinajstić information content (AvgIpc) is 2.60. The van der Waals surface area contributed by atoms with Crippen molar-refractivity contribution in [3.8, 4) is 0 Å². The summed E-state index contributed by atoms with van der Waals surface area (Å²) < 4.78 is 0. The number of hydrogen-bond donors (Lipinski definition) is 4. The van der Waals surface area contributed by atoms with Crippen LogP contribution >= 0.6 is 0 Å². The molecule has 0 radical (unpaired) electrons. The first-order valence-corrected chi connectivity index (χ1v) is 5.51. The third-order valence-corrected chi connectivity index (χ3v) is 2.27. The first-order chi connectivity index (χ1) is 8.06. The van der Waals surface area contributed by atoms with Gasteiger partial charge in [-0.15, -0.1) is 0 Å². The maximum atomic E-state index is 11.5. The van der Waals surface area contributed by atoms with Crippen LogP contribution in [0.15, 0.2) is 4.79 Å². The van der Waals surface area contributed by atoms with E-state index in [0.29, 0.717) is 29.5 Å². The van der Waals surface area contributed by atoms with Gasteiger partial charge in [-0.05, 0) is 12.5 Å². The van der Waals surface area contributed by atoms with Gasteiger partial charge in [0.05, 0.1) is 6.54 Å². The van der Waals surface area contributed by atoms with Gasteiger partial charge < -0.3 is 16.0 Å². The summed E-state index contributed by atoms with van der Waals surface area (Å²) in [5.41, 5.74) is 5.86. The lowest BCUT2D eigenvalue weighted by Gasteiger charge is -2.04. The summed E-state index contributed by atoms with van der Waals surface area (Å²) >= 11 is 0. The summed E-state index contributed by atoms with van der Waals surface area (Å²) in [6.45, 7) is 5.72. The Morgan fingerprint density at radius 1 is 1.35 bits per heavy atom. The van der Waals surface area contributed by atoms with Gasteiger partial charge in [-0.2, -0.15) is 4.98 Å². The highest BCUT2D eigenvalue weighted by molar-refractivity contribution is 5.70. The Balaban J connectivity index is 2.20. The molecule has 0 aliphatic heterocycles. The second-order valence-electron chi connectivity index (χ2n) is 4.36. The highest BCUT2D eigenvalue weighted by Gasteiger charge is 2.08.